The van der Waals surface area contributed by atoms with Gasteiger partial charge in [0.2, 0.25) is 5.91 Å². The maximum Gasteiger partial charge on any atom is 0.305 e. The average Bonchev–Trinajstić information content (AvgIpc) is 3.68. The molecule has 7 rings (SSSR count). The molecule has 5 aromatic rings. The summed E-state index contributed by atoms with van der Waals surface area (Å²) in [5.74, 6) is -0.297. The van der Waals surface area contributed by atoms with E-state index in [2.05, 4.69) is 20.4 Å². The molecule has 2 aromatic heterocycles. The SMILES string of the molecule is O=C(Cc1noc2ccccc12)N1CCOC2(CCN(Cc3cc(F)cc(CCNCC(O)c4ccc(O)c5[nH]c(=O)sc45)c3)CC2)C1. The number of morpholine rings is 1. The molecular weight excluding hydrogens is 637 g/mol. The zero-order valence-electron chi connectivity index (χ0n) is 26.4. The van der Waals surface area contributed by atoms with Crippen LogP contribution in [-0.2, 0) is 28.9 Å². The number of aromatic amines is 1. The number of H-pyrrole nitrogens is 1. The molecule has 4 N–H and O–H groups in total. The molecule has 1 atom stereocenters. The number of thiazole rings is 1. The molecule has 48 heavy (non-hydrogen) atoms. The highest BCUT2D eigenvalue weighted by atomic mass is 32.1. The molecule has 2 aliphatic rings. The summed E-state index contributed by atoms with van der Waals surface area (Å²) in [4.78, 5) is 31.6. The van der Waals surface area contributed by atoms with Crippen LogP contribution in [0.25, 0.3) is 21.2 Å². The highest BCUT2D eigenvalue weighted by molar-refractivity contribution is 7.16. The molecule has 13 heteroatoms. The maximum absolute atomic E-state index is 14.7. The second kappa shape index (κ2) is 13.8. The molecular formula is C35H38FN5O6S. The van der Waals surface area contributed by atoms with E-state index in [9.17, 15) is 24.2 Å². The number of fused-ring (bicyclic) bond motifs is 2. The minimum absolute atomic E-state index is 0.0205. The molecule has 2 aliphatic heterocycles. The number of hydrogen-bond donors (Lipinski definition) is 4. The van der Waals surface area contributed by atoms with Crippen LogP contribution >= 0.6 is 11.3 Å². The standard InChI is InChI=1S/C35H38FN5O6S/c36-24-16-22(7-10-37-19-29(43)26-5-6-28(42)32-33(26)48-34(45)38-32)15-23(17-24)20-40-11-8-35(9-12-40)21-41(13-14-46-35)31(44)18-27-25-3-1-2-4-30(25)47-39-27/h1-6,15-17,29,37,42-43H,7-14,18-21H2,(H,38,45). The third-order valence-corrected chi connectivity index (χ3v) is 10.4. The van der Waals surface area contributed by atoms with Crippen molar-refractivity contribution in [3.05, 3.63) is 92.5 Å². The topological polar surface area (TPSA) is 144 Å². The fourth-order valence-electron chi connectivity index (χ4n) is 6.89. The average molecular weight is 676 g/mol. The van der Waals surface area contributed by atoms with Gasteiger partial charge in [0.1, 0.15) is 22.8 Å². The lowest BCUT2D eigenvalue weighted by Gasteiger charge is -2.47. The van der Waals surface area contributed by atoms with Crippen molar-refractivity contribution < 1.29 is 28.7 Å². The summed E-state index contributed by atoms with van der Waals surface area (Å²) in [5, 5.41) is 29.0. The van der Waals surface area contributed by atoms with E-state index in [0.717, 1.165) is 53.8 Å². The predicted molar refractivity (Wildman–Crippen MR) is 180 cm³/mol. The first kappa shape index (κ1) is 32.4. The van der Waals surface area contributed by atoms with Gasteiger partial charge in [0.15, 0.2) is 5.58 Å². The van der Waals surface area contributed by atoms with E-state index in [-0.39, 0.29) is 40.9 Å². The molecule has 0 radical (unpaired) electrons. The number of aromatic nitrogens is 2. The van der Waals surface area contributed by atoms with Crippen LogP contribution in [0.15, 0.2) is 63.9 Å². The van der Waals surface area contributed by atoms with Crippen LogP contribution in [0.5, 0.6) is 5.75 Å². The number of phenols is 1. The van der Waals surface area contributed by atoms with Gasteiger partial charge in [-0.1, -0.05) is 40.8 Å². The lowest BCUT2D eigenvalue weighted by atomic mass is 9.89. The molecule has 252 valence electrons. The summed E-state index contributed by atoms with van der Waals surface area (Å²) in [5.41, 5.74) is 3.60. The number of benzene rings is 3. The first-order chi connectivity index (χ1) is 23.2. The summed E-state index contributed by atoms with van der Waals surface area (Å²) in [6.07, 6.45) is 1.45. The van der Waals surface area contributed by atoms with Crippen molar-refractivity contribution in [3.8, 4) is 5.75 Å². The molecule has 4 heterocycles. The number of nitrogens with one attached hydrogen (secondary N) is 2. The Morgan fingerprint density at radius 3 is 2.79 bits per heavy atom. The molecule has 0 saturated carbocycles. The lowest BCUT2D eigenvalue weighted by molar-refractivity contribution is -0.159. The van der Waals surface area contributed by atoms with E-state index >= 15 is 0 Å². The smallest absolute Gasteiger partial charge is 0.305 e. The number of nitrogens with zero attached hydrogens (tertiary/aromatic N) is 3. The second-order valence-corrected chi connectivity index (χ2v) is 13.7. The van der Waals surface area contributed by atoms with E-state index in [4.69, 9.17) is 9.26 Å². The molecule has 1 amide bonds. The Hall–Kier alpha value is -4.14. The summed E-state index contributed by atoms with van der Waals surface area (Å²) in [7, 11) is 0. The fourth-order valence-corrected chi connectivity index (χ4v) is 7.81. The third-order valence-electron chi connectivity index (χ3n) is 9.44. The zero-order valence-corrected chi connectivity index (χ0v) is 27.2. The van der Waals surface area contributed by atoms with Crippen molar-refractivity contribution in [1.29, 1.82) is 0 Å². The van der Waals surface area contributed by atoms with Gasteiger partial charge in [-0.05, 0) is 67.3 Å². The van der Waals surface area contributed by atoms with Gasteiger partial charge in [-0.2, -0.15) is 0 Å². The fraction of sp³-hybridized carbons (Fsp3) is 0.400. The molecule has 3 aromatic carbocycles. The van der Waals surface area contributed by atoms with Crippen molar-refractivity contribution in [2.75, 3.05) is 45.9 Å². The van der Waals surface area contributed by atoms with Gasteiger partial charge in [0, 0.05) is 50.2 Å². The molecule has 2 fully saturated rings. The number of likely N-dealkylation sites (tertiary alicyclic amines) is 1. The van der Waals surface area contributed by atoms with Crippen LogP contribution in [-0.4, -0.2) is 87.5 Å². The van der Waals surface area contributed by atoms with E-state index in [1.807, 2.05) is 35.2 Å². The number of phenolic OH excluding ortho intramolecular Hbond substituents is 1. The summed E-state index contributed by atoms with van der Waals surface area (Å²) in [6.45, 7) is 4.54. The number of rotatable bonds is 10. The predicted octanol–water partition coefficient (Wildman–Crippen LogP) is 3.88. The summed E-state index contributed by atoms with van der Waals surface area (Å²) in [6, 6.07) is 15.8. The Labute approximate surface area is 279 Å². The van der Waals surface area contributed by atoms with Gasteiger partial charge in [-0.3, -0.25) is 14.5 Å². The molecule has 0 bridgehead atoms. The lowest BCUT2D eigenvalue weighted by Crippen LogP contribution is -2.58. The highest BCUT2D eigenvalue weighted by Gasteiger charge is 2.41. The Bertz CT molecular complexity index is 1980. The number of carbonyl (C=O) groups is 1. The first-order valence-corrected chi connectivity index (χ1v) is 17.1. The number of aromatic hydroxyl groups is 1. The van der Waals surface area contributed by atoms with Crippen LogP contribution < -0.4 is 10.2 Å². The van der Waals surface area contributed by atoms with E-state index in [1.54, 1.807) is 12.1 Å². The van der Waals surface area contributed by atoms with Gasteiger partial charge in [-0.15, -0.1) is 0 Å². The number of para-hydroxylation sites is 1. The normalized spacial score (nSPS) is 17.4. The van der Waals surface area contributed by atoms with Crippen LogP contribution in [0.2, 0.25) is 0 Å². The van der Waals surface area contributed by atoms with Gasteiger partial charge < -0.3 is 34.7 Å². The Kier molecular flexibility index (Phi) is 9.30. The number of ether oxygens (including phenoxy) is 1. The van der Waals surface area contributed by atoms with Crippen LogP contribution in [0.4, 0.5) is 4.39 Å². The molecule has 1 unspecified atom stereocenters. The number of aliphatic hydroxyl groups is 1. The Balaban J connectivity index is 0.893. The number of hydrogen-bond acceptors (Lipinski definition) is 10. The van der Waals surface area contributed by atoms with Crippen molar-refractivity contribution in [2.45, 2.75) is 43.9 Å². The number of aliphatic hydroxyl groups excluding tert-OH is 1. The number of halogens is 1. The van der Waals surface area contributed by atoms with Crippen LogP contribution in [0.1, 0.15) is 41.3 Å². The van der Waals surface area contributed by atoms with Gasteiger partial charge in [0.25, 0.3) is 0 Å². The minimum Gasteiger partial charge on any atom is -0.506 e. The largest absolute Gasteiger partial charge is 0.506 e. The van der Waals surface area contributed by atoms with E-state index < -0.39 is 6.10 Å². The quantitative estimate of drug-likeness (QED) is 0.162. The van der Waals surface area contributed by atoms with Gasteiger partial charge in [0.05, 0.1) is 29.4 Å². The van der Waals surface area contributed by atoms with Crippen LogP contribution in [0, 0.1) is 5.82 Å². The van der Waals surface area contributed by atoms with Crippen molar-refractivity contribution in [3.63, 3.8) is 0 Å². The Morgan fingerprint density at radius 1 is 1.12 bits per heavy atom. The molecule has 1 spiro atoms. The van der Waals surface area contributed by atoms with Crippen LogP contribution in [0.3, 0.4) is 0 Å². The maximum atomic E-state index is 14.7. The minimum atomic E-state index is -0.878. The monoisotopic (exact) mass is 675 g/mol. The first-order valence-electron chi connectivity index (χ1n) is 16.2. The van der Waals surface area contributed by atoms with Crippen molar-refractivity contribution >= 4 is 38.4 Å². The zero-order chi connectivity index (χ0) is 33.3. The van der Waals surface area contributed by atoms with Gasteiger partial charge >= 0.3 is 4.87 Å². The molecule has 11 nitrogen and oxygen atoms in total. The van der Waals surface area contributed by atoms with E-state index in [0.29, 0.717) is 66.3 Å². The van der Waals surface area contributed by atoms with Crippen molar-refractivity contribution in [2.24, 2.45) is 0 Å². The van der Waals surface area contributed by atoms with Crippen molar-refractivity contribution in [1.82, 2.24) is 25.3 Å². The highest BCUT2D eigenvalue weighted by Crippen LogP contribution is 2.33. The number of carbonyl (C=O) groups excluding carboxylic acids is 1. The Morgan fingerprint density at radius 2 is 1.94 bits per heavy atom. The number of amides is 1. The van der Waals surface area contributed by atoms with E-state index in [1.165, 1.54) is 12.1 Å². The molecule has 2 saturated heterocycles. The third kappa shape index (κ3) is 7.01. The van der Waals surface area contributed by atoms with Gasteiger partial charge in [-0.25, -0.2) is 4.39 Å². The number of piperidine rings is 1. The summed E-state index contributed by atoms with van der Waals surface area (Å²) >= 11 is 0.951. The summed E-state index contributed by atoms with van der Waals surface area (Å²) < 4.78 is 26.9. The second-order valence-electron chi connectivity index (χ2n) is 12.8. The molecule has 0 aliphatic carbocycles.